The van der Waals surface area contributed by atoms with E-state index >= 15 is 0 Å². The molecule has 0 saturated carbocycles. The Kier molecular flexibility index (Phi) is 7.14. The fourth-order valence-electron chi connectivity index (χ4n) is 3.15. The van der Waals surface area contributed by atoms with Crippen molar-refractivity contribution in [3.63, 3.8) is 0 Å². The largest absolute Gasteiger partial charge is 0.401 e. The molecule has 0 spiro atoms. The molecule has 1 unspecified atom stereocenters. The second-order valence-electron chi connectivity index (χ2n) is 7.68. The van der Waals surface area contributed by atoms with Crippen LogP contribution in [0.5, 0.6) is 0 Å². The van der Waals surface area contributed by atoms with Crippen LogP contribution in [0.3, 0.4) is 0 Å². The summed E-state index contributed by atoms with van der Waals surface area (Å²) >= 11 is 0. The van der Waals surface area contributed by atoms with Crippen molar-refractivity contribution < 1.29 is 9.21 Å². The number of carbonyl (C=O) groups excluding carboxylic acids is 1. The molecule has 0 fully saturated rings. The predicted octanol–water partition coefficient (Wildman–Crippen LogP) is 3.99. The van der Waals surface area contributed by atoms with Crippen molar-refractivity contribution >= 4 is 30.0 Å². The third-order valence-electron chi connectivity index (χ3n) is 5.19. The lowest BCUT2D eigenvalue weighted by atomic mass is 10.1. The third-order valence-corrected chi connectivity index (χ3v) is 5.19. The maximum atomic E-state index is 12.1. The van der Waals surface area contributed by atoms with E-state index in [4.69, 9.17) is 9.41 Å². The summed E-state index contributed by atoms with van der Waals surface area (Å²) in [6.45, 7) is 7.28. The Labute approximate surface area is 188 Å². The quantitative estimate of drug-likeness (QED) is 0.618. The van der Waals surface area contributed by atoms with E-state index in [0.29, 0.717) is 23.0 Å². The number of nitrogens with zero attached hydrogens (tertiary/aromatic N) is 6. The van der Waals surface area contributed by atoms with E-state index < -0.39 is 0 Å². The van der Waals surface area contributed by atoms with Gasteiger partial charge in [0.05, 0.1) is 11.7 Å². The topological polar surface area (TPSA) is 87.2 Å². The fourth-order valence-corrected chi connectivity index (χ4v) is 3.15. The summed E-state index contributed by atoms with van der Waals surface area (Å²) in [6.07, 6.45) is 9.07. The van der Waals surface area contributed by atoms with E-state index in [1.165, 1.54) is 0 Å². The highest BCUT2D eigenvalue weighted by molar-refractivity contribution is 6.02. The van der Waals surface area contributed by atoms with E-state index in [1.807, 2.05) is 43.2 Å². The maximum absolute atomic E-state index is 12.1. The van der Waals surface area contributed by atoms with Crippen LogP contribution in [0.1, 0.15) is 42.1 Å². The van der Waals surface area contributed by atoms with Crippen molar-refractivity contribution in [3.05, 3.63) is 71.3 Å². The first kappa shape index (κ1) is 22.9. The van der Waals surface area contributed by atoms with Gasteiger partial charge >= 0.3 is 6.01 Å². The van der Waals surface area contributed by atoms with Gasteiger partial charge in [-0.05, 0) is 44.7 Å². The average molecular weight is 433 g/mol. The molecule has 32 heavy (non-hydrogen) atoms. The van der Waals surface area contributed by atoms with Crippen LogP contribution in [0.4, 0.5) is 6.01 Å². The van der Waals surface area contributed by atoms with Crippen molar-refractivity contribution in [3.8, 4) is 0 Å². The van der Waals surface area contributed by atoms with Gasteiger partial charge in [-0.3, -0.25) is 9.79 Å². The number of aromatic nitrogens is 2. The summed E-state index contributed by atoms with van der Waals surface area (Å²) in [5.41, 5.74) is 3.23. The van der Waals surface area contributed by atoms with Crippen LogP contribution >= 0.6 is 0 Å². The van der Waals surface area contributed by atoms with Crippen LogP contribution in [0, 0.1) is 0 Å². The smallest absolute Gasteiger partial charge is 0.318 e. The summed E-state index contributed by atoms with van der Waals surface area (Å²) in [6, 6.07) is 7.83. The van der Waals surface area contributed by atoms with Gasteiger partial charge in [0, 0.05) is 32.4 Å². The van der Waals surface area contributed by atoms with Crippen molar-refractivity contribution in [1.82, 2.24) is 15.1 Å². The van der Waals surface area contributed by atoms with Crippen LogP contribution in [0.15, 0.2) is 68.7 Å². The Morgan fingerprint density at radius 3 is 2.38 bits per heavy atom. The van der Waals surface area contributed by atoms with Gasteiger partial charge in [-0.2, -0.15) is 0 Å². The number of likely N-dealkylation sites (N-methyl/N-ethyl adjacent to an activating group) is 1. The van der Waals surface area contributed by atoms with Crippen molar-refractivity contribution in [2.24, 2.45) is 9.98 Å². The number of benzene rings is 1. The van der Waals surface area contributed by atoms with Crippen LogP contribution in [0.2, 0.25) is 0 Å². The predicted molar refractivity (Wildman–Crippen MR) is 128 cm³/mol. The van der Waals surface area contributed by atoms with Crippen molar-refractivity contribution in [2.45, 2.75) is 26.3 Å². The molecule has 0 radical (unpaired) electrons. The Balaban J connectivity index is 1.88. The number of amides is 1. The standard InChI is InChI=1S/C24H28N6O2/c1-16(18-12-14-19(15-13-18)23(31)29(4)5)26-21(17(2)25-3)22-27-28-24(32-22)30(6)20-10-8-7-9-11-20/h7-10,12-15,20H,3,11H2,1-2,4-6H3/b21-17-,26-16?. The zero-order valence-corrected chi connectivity index (χ0v) is 19.1. The molecule has 1 aliphatic carbocycles. The van der Waals surface area contributed by atoms with E-state index in [0.717, 1.165) is 17.7 Å². The van der Waals surface area contributed by atoms with Gasteiger partial charge in [0.1, 0.15) is 5.70 Å². The zero-order valence-electron chi connectivity index (χ0n) is 19.1. The number of rotatable bonds is 7. The number of allylic oxidation sites excluding steroid dienone is 3. The molecule has 166 valence electrons. The lowest BCUT2D eigenvalue weighted by Crippen LogP contribution is -2.30. The first-order valence-electron chi connectivity index (χ1n) is 10.3. The third kappa shape index (κ3) is 5.08. The molecule has 1 amide bonds. The van der Waals surface area contributed by atoms with E-state index in [9.17, 15) is 4.79 Å². The highest BCUT2D eigenvalue weighted by Crippen LogP contribution is 2.25. The molecule has 0 aliphatic heterocycles. The number of aliphatic imine (C=N–C) groups is 2. The molecule has 1 atom stereocenters. The van der Waals surface area contributed by atoms with Gasteiger partial charge in [0.15, 0.2) is 0 Å². The minimum atomic E-state index is -0.0516. The highest BCUT2D eigenvalue weighted by Gasteiger charge is 2.21. The first-order valence-corrected chi connectivity index (χ1v) is 10.3. The second-order valence-corrected chi connectivity index (χ2v) is 7.68. The van der Waals surface area contributed by atoms with Crippen LogP contribution in [0.25, 0.3) is 5.70 Å². The molecule has 0 bridgehead atoms. The summed E-state index contributed by atoms with van der Waals surface area (Å²) < 4.78 is 5.94. The lowest BCUT2D eigenvalue weighted by molar-refractivity contribution is 0.0827. The molecule has 1 heterocycles. The number of carbonyl (C=O) groups is 1. The zero-order chi connectivity index (χ0) is 23.3. The van der Waals surface area contributed by atoms with E-state index in [2.05, 4.69) is 34.1 Å². The first-order chi connectivity index (χ1) is 15.3. The molecule has 3 rings (SSSR count). The fraction of sp³-hybridized carbons (Fsp3) is 0.292. The Bertz CT molecular complexity index is 1110. The lowest BCUT2D eigenvalue weighted by Gasteiger charge is -2.23. The van der Waals surface area contributed by atoms with Gasteiger partial charge in [0.25, 0.3) is 11.8 Å². The van der Waals surface area contributed by atoms with Gasteiger partial charge in [-0.15, -0.1) is 5.10 Å². The molecular weight excluding hydrogens is 404 g/mol. The minimum Gasteiger partial charge on any atom is -0.401 e. The van der Waals surface area contributed by atoms with Crippen molar-refractivity contribution in [1.29, 1.82) is 0 Å². The Hall–Kier alpha value is -3.81. The van der Waals surface area contributed by atoms with Crippen molar-refractivity contribution in [2.75, 3.05) is 26.0 Å². The Morgan fingerprint density at radius 2 is 1.78 bits per heavy atom. The molecule has 0 N–H and O–H groups in total. The van der Waals surface area contributed by atoms with E-state index in [-0.39, 0.29) is 17.8 Å². The minimum absolute atomic E-state index is 0.0516. The molecular formula is C24H28N6O2. The SMILES string of the molecule is C=N/C(C)=C(\N=C(C)c1ccc(C(=O)N(C)C)cc1)c1nnc(N(C)C2C=CC=CC2)o1. The van der Waals surface area contributed by atoms with Gasteiger partial charge in [-0.1, -0.05) is 41.5 Å². The van der Waals surface area contributed by atoms with Gasteiger partial charge in [-0.25, -0.2) is 4.99 Å². The van der Waals surface area contributed by atoms with Gasteiger partial charge < -0.3 is 14.2 Å². The summed E-state index contributed by atoms with van der Waals surface area (Å²) in [4.78, 5) is 24.3. The van der Waals surface area contributed by atoms with Gasteiger partial charge in [0.2, 0.25) is 0 Å². The van der Waals surface area contributed by atoms with Crippen LogP contribution < -0.4 is 4.90 Å². The summed E-state index contributed by atoms with van der Waals surface area (Å²) in [5, 5.41) is 8.40. The number of anilines is 1. The molecule has 2 aromatic rings. The summed E-state index contributed by atoms with van der Waals surface area (Å²) in [5.74, 6) is 0.218. The number of hydrogen-bond donors (Lipinski definition) is 0. The molecule has 0 saturated heterocycles. The highest BCUT2D eigenvalue weighted by atomic mass is 16.4. The Morgan fingerprint density at radius 1 is 1.09 bits per heavy atom. The molecule has 1 aliphatic rings. The number of hydrogen-bond acceptors (Lipinski definition) is 7. The molecule has 1 aromatic carbocycles. The normalized spacial score (nSPS) is 16.5. The molecule has 8 heteroatoms. The maximum Gasteiger partial charge on any atom is 0.318 e. The van der Waals surface area contributed by atoms with Crippen LogP contribution in [-0.4, -0.2) is 60.6 Å². The second kappa shape index (κ2) is 10.00. The van der Waals surface area contributed by atoms with E-state index in [1.54, 1.807) is 38.1 Å². The average Bonchev–Trinajstić information content (AvgIpc) is 3.31. The monoisotopic (exact) mass is 432 g/mol. The van der Waals surface area contributed by atoms with Crippen LogP contribution in [-0.2, 0) is 0 Å². The molecule has 1 aromatic heterocycles. The summed E-state index contributed by atoms with van der Waals surface area (Å²) in [7, 11) is 5.36. The molecule has 8 nitrogen and oxygen atoms in total.